The fourth-order valence-corrected chi connectivity index (χ4v) is 3.97. The number of ether oxygens (including phenoxy) is 1. The Morgan fingerprint density at radius 2 is 1.96 bits per heavy atom. The fraction of sp³-hybridized carbons (Fsp3) is 0.667. The van der Waals surface area contributed by atoms with Crippen LogP contribution in [0.25, 0.3) is 11.2 Å². The largest absolute Gasteiger partial charge is 0.381 e. The summed E-state index contributed by atoms with van der Waals surface area (Å²) in [6.07, 6.45) is 7.66. The van der Waals surface area contributed by atoms with Crippen LogP contribution in [0.3, 0.4) is 0 Å². The van der Waals surface area contributed by atoms with Crippen LogP contribution in [0.2, 0.25) is 0 Å². The van der Waals surface area contributed by atoms with Gasteiger partial charge in [0.15, 0.2) is 5.65 Å². The van der Waals surface area contributed by atoms with Gasteiger partial charge in [0, 0.05) is 31.9 Å². The lowest BCUT2D eigenvalue weighted by Gasteiger charge is -2.31. The third-order valence-corrected chi connectivity index (χ3v) is 5.39. The Kier molecular flexibility index (Phi) is 4.31. The van der Waals surface area contributed by atoms with Crippen LogP contribution in [0.4, 0.5) is 0 Å². The van der Waals surface area contributed by atoms with E-state index in [1.54, 1.807) is 0 Å². The molecule has 0 aromatic carbocycles. The van der Waals surface area contributed by atoms with Gasteiger partial charge < -0.3 is 14.2 Å². The molecule has 0 amide bonds. The third-order valence-electron chi connectivity index (χ3n) is 5.39. The number of hydrogen-bond acceptors (Lipinski definition) is 4. The van der Waals surface area contributed by atoms with Gasteiger partial charge in [0.2, 0.25) is 0 Å². The number of likely N-dealkylation sites (tertiary alicyclic amines) is 1. The molecule has 5 nitrogen and oxygen atoms in total. The molecule has 0 spiro atoms. The summed E-state index contributed by atoms with van der Waals surface area (Å²) in [5.74, 6) is 1.94. The van der Waals surface area contributed by atoms with Crippen LogP contribution < -0.4 is 0 Å². The van der Waals surface area contributed by atoms with Gasteiger partial charge >= 0.3 is 0 Å². The maximum atomic E-state index is 5.51. The van der Waals surface area contributed by atoms with Crippen molar-refractivity contribution >= 4 is 11.2 Å². The molecule has 0 aliphatic carbocycles. The summed E-state index contributed by atoms with van der Waals surface area (Å²) in [5, 5.41) is 0. The summed E-state index contributed by atoms with van der Waals surface area (Å²) >= 11 is 0. The quantitative estimate of drug-likeness (QED) is 0.873. The number of rotatable bonds is 3. The van der Waals surface area contributed by atoms with Crippen LogP contribution in [-0.2, 0) is 11.2 Å². The molecule has 2 fully saturated rings. The minimum atomic E-state index is 0.543. The van der Waals surface area contributed by atoms with E-state index in [2.05, 4.69) is 27.6 Å². The van der Waals surface area contributed by atoms with Gasteiger partial charge in [-0.3, -0.25) is 0 Å². The Hall–Kier alpha value is -1.46. The molecule has 0 unspecified atom stereocenters. The zero-order valence-electron chi connectivity index (χ0n) is 13.9. The van der Waals surface area contributed by atoms with E-state index in [1.165, 1.54) is 18.7 Å². The minimum absolute atomic E-state index is 0.543. The Balaban J connectivity index is 1.66. The van der Waals surface area contributed by atoms with Crippen LogP contribution in [0, 0.1) is 5.92 Å². The molecule has 0 bridgehead atoms. The molecule has 0 radical (unpaired) electrons. The molecule has 0 saturated carbocycles. The normalized spacial score (nSPS) is 22.0. The second kappa shape index (κ2) is 6.57. The summed E-state index contributed by atoms with van der Waals surface area (Å²) in [6, 6.07) is 4.63. The Bertz CT molecular complexity index is 654. The summed E-state index contributed by atoms with van der Waals surface area (Å²) in [5.41, 5.74) is 2.12. The van der Waals surface area contributed by atoms with Crippen LogP contribution in [0.5, 0.6) is 0 Å². The van der Waals surface area contributed by atoms with Crippen molar-refractivity contribution in [2.24, 2.45) is 5.92 Å². The average molecular weight is 314 g/mol. The van der Waals surface area contributed by atoms with Gasteiger partial charge in [-0.05, 0) is 63.9 Å². The van der Waals surface area contributed by atoms with Crippen molar-refractivity contribution in [2.45, 2.75) is 38.1 Å². The average Bonchev–Trinajstić information content (AvgIpc) is 2.94. The molecule has 4 heterocycles. The monoisotopic (exact) mass is 314 g/mol. The first-order chi connectivity index (χ1) is 11.3. The van der Waals surface area contributed by atoms with E-state index in [4.69, 9.17) is 9.72 Å². The van der Waals surface area contributed by atoms with E-state index in [-0.39, 0.29) is 0 Å². The van der Waals surface area contributed by atoms with Gasteiger partial charge in [-0.25, -0.2) is 9.97 Å². The van der Waals surface area contributed by atoms with Crippen molar-refractivity contribution in [1.29, 1.82) is 0 Å². The van der Waals surface area contributed by atoms with Crippen LogP contribution in [0.15, 0.2) is 18.3 Å². The first-order valence-corrected chi connectivity index (χ1v) is 8.89. The number of aromatic nitrogens is 3. The first-order valence-electron chi connectivity index (χ1n) is 8.89. The van der Waals surface area contributed by atoms with Crippen molar-refractivity contribution in [2.75, 3.05) is 33.4 Å². The molecule has 2 aromatic heterocycles. The lowest BCUT2D eigenvalue weighted by Crippen LogP contribution is -2.32. The Labute approximate surface area is 137 Å². The van der Waals surface area contributed by atoms with Crippen molar-refractivity contribution in [1.82, 2.24) is 19.4 Å². The summed E-state index contributed by atoms with van der Waals surface area (Å²) in [7, 11) is 2.21. The summed E-state index contributed by atoms with van der Waals surface area (Å²) in [4.78, 5) is 12.0. The first kappa shape index (κ1) is 15.1. The van der Waals surface area contributed by atoms with Crippen LogP contribution >= 0.6 is 0 Å². The highest BCUT2D eigenvalue weighted by atomic mass is 16.5. The summed E-state index contributed by atoms with van der Waals surface area (Å²) < 4.78 is 7.97. The highest BCUT2D eigenvalue weighted by Crippen LogP contribution is 2.30. The standard InChI is InChI=1S/C18H26N4O/c1-21-9-4-15(5-10-21)22-17(13-14-6-11-23-12-7-14)20-16-3-2-8-19-18(16)22/h2-3,8,14-15H,4-7,9-13H2,1H3. The molecule has 5 heteroatoms. The van der Waals surface area contributed by atoms with E-state index < -0.39 is 0 Å². The maximum absolute atomic E-state index is 5.51. The highest BCUT2D eigenvalue weighted by molar-refractivity contribution is 5.71. The number of fused-ring (bicyclic) bond motifs is 1. The number of nitrogens with zero attached hydrogens (tertiary/aromatic N) is 4. The molecule has 4 rings (SSSR count). The molecule has 2 aliphatic heterocycles. The molecule has 124 valence electrons. The predicted octanol–water partition coefficient (Wildman–Crippen LogP) is 2.67. The van der Waals surface area contributed by atoms with Gasteiger partial charge in [-0.2, -0.15) is 0 Å². The molecule has 2 aromatic rings. The molecule has 0 atom stereocenters. The zero-order valence-corrected chi connectivity index (χ0v) is 13.9. The highest BCUT2D eigenvalue weighted by Gasteiger charge is 2.25. The molecule has 2 aliphatic rings. The molecular formula is C18H26N4O. The Morgan fingerprint density at radius 1 is 1.17 bits per heavy atom. The van der Waals surface area contributed by atoms with Gasteiger partial charge in [0.1, 0.15) is 11.3 Å². The second-order valence-corrected chi connectivity index (χ2v) is 7.04. The van der Waals surface area contributed by atoms with Gasteiger partial charge in [-0.15, -0.1) is 0 Å². The van der Waals surface area contributed by atoms with Crippen molar-refractivity contribution in [3.05, 3.63) is 24.2 Å². The third kappa shape index (κ3) is 3.12. The SMILES string of the molecule is CN1CCC(n2c(CC3CCOCC3)nc3cccnc32)CC1. The second-order valence-electron chi connectivity index (χ2n) is 7.04. The van der Waals surface area contributed by atoms with E-state index in [0.717, 1.165) is 56.7 Å². The van der Waals surface area contributed by atoms with E-state index in [1.807, 2.05) is 12.3 Å². The van der Waals surface area contributed by atoms with Gasteiger partial charge in [0.25, 0.3) is 0 Å². The smallest absolute Gasteiger partial charge is 0.160 e. The molecule has 23 heavy (non-hydrogen) atoms. The molecule has 2 saturated heterocycles. The summed E-state index contributed by atoms with van der Waals surface area (Å²) in [6.45, 7) is 4.12. The Morgan fingerprint density at radius 3 is 2.74 bits per heavy atom. The molecular weight excluding hydrogens is 288 g/mol. The van der Waals surface area contributed by atoms with E-state index >= 15 is 0 Å². The zero-order chi connectivity index (χ0) is 15.6. The topological polar surface area (TPSA) is 43.2 Å². The van der Waals surface area contributed by atoms with Gasteiger partial charge in [-0.1, -0.05) is 0 Å². The van der Waals surface area contributed by atoms with Crippen molar-refractivity contribution < 1.29 is 4.74 Å². The minimum Gasteiger partial charge on any atom is -0.381 e. The lowest BCUT2D eigenvalue weighted by molar-refractivity contribution is 0.0655. The fourth-order valence-electron chi connectivity index (χ4n) is 3.97. The molecule has 0 N–H and O–H groups in total. The lowest BCUT2D eigenvalue weighted by atomic mass is 9.95. The van der Waals surface area contributed by atoms with Gasteiger partial charge in [0.05, 0.1) is 0 Å². The van der Waals surface area contributed by atoms with Crippen molar-refractivity contribution in [3.8, 4) is 0 Å². The number of hydrogen-bond donors (Lipinski definition) is 0. The van der Waals surface area contributed by atoms with Crippen LogP contribution in [0.1, 0.15) is 37.5 Å². The van der Waals surface area contributed by atoms with E-state index in [0.29, 0.717) is 12.0 Å². The van der Waals surface area contributed by atoms with E-state index in [9.17, 15) is 0 Å². The number of imidazole rings is 1. The number of piperidine rings is 1. The maximum Gasteiger partial charge on any atom is 0.160 e. The number of pyridine rings is 1. The van der Waals surface area contributed by atoms with Crippen LogP contribution in [-0.4, -0.2) is 52.8 Å². The predicted molar refractivity (Wildman–Crippen MR) is 90.5 cm³/mol. The van der Waals surface area contributed by atoms with Crippen molar-refractivity contribution in [3.63, 3.8) is 0 Å².